The molecule has 0 fully saturated rings. The molecule has 1 amide bonds. The van der Waals surface area contributed by atoms with E-state index in [0.717, 1.165) is 0 Å². The summed E-state index contributed by atoms with van der Waals surface area (Å²) in [5.41, 5.74) is 0. The van der Waals surface area contributed by atoms with Gasteiger partial charge in [-0.05, 0) is 6.42 Å². The monoisotopic (exact) mass is 102 g/mol. The predicted octanol–water partition coefficient (Wildman–Crippen LogP) is -0.447. The fraction of sp³-hybridized carbons (Fsp3) is 0.750. The van der Waals surface area contributed by atoms with Gasteiger partial charge in [-0.2, -0.15) is 0 Å². The summed E-state index contributed by atoms with van der Waals surface area (Å²) < 4.78 is 0. The lowest BCUT2D eigenvalue weighted by Crippen LogP contribution is -2.12. The average Bonchev–Trinajstić information content (AvgIpc) is 1.69. The summed E-state index contributed by atoms with van der Waals surface area (Å²) in [4.78, 5) is 9.47. The fourth-order valence-corrected chi connectivity index (χ4v) is 0.233. The van der Waals surface area contributed by atoms with Gasteiger partial charge in [-0.25, -0.2) is 5.11 Å². The van der Waals surface area contributed by atoms with Crippen molar-refractivity contribution in [1.82, 2.24) is 5.32 Å². The first-order valence-corrected chi connectivity index (χ1v) is 2.17. The van der Waals surface area contributed by atoms with Crippen LogP contribution < -0.4 is 5.32 Å². The van der Waals surface area contributed by atoms with Crippen LogP contribution in [-0.2, 0) is 9.90 Å². The third kappa shape index (κ3) is 5.43. The van der Waals surface area contributed by atoms with Crippen molar-refractivity contribution in [2.45, 2.75) is 6.42 Å². The zero-order valence-electron chi connectivity index (χ0n) is 4.02. The van der Waals surface area contributed by atoms with Gasteiger partial charge in [-0.15, -0.1) is 0 Å². The smallest absolute Gasteiger partial charge is 0.207 e. The second-order valence-electron chi connectivity index (χ2n) is 1.13. The zero-order valence-corrected chi connectivity index (χ0v) is 4.02. The Bertz CT molecular complexity index is 47.0. The lowest BCUT2D eigenvalue weighted by molar-refractivity contribution is -0.109. The van der Waals surface area contributed by atoms with Crippen LogP contribution in [0, 0.1) is 0 Å². The molecule has 0 aliphatic carbocycles. The van der Waals surface area contributed by atoms with Gasteiger partial charge in [0.2, 0.25) is 6.41 Å². The lowest BCUT2D eigenvalue weighted by Gasteiger charge is -1.89. The summed E-state index contributed by atoms with van der Waals surface area (Å²) in [7, 11) is 0. The van der Waals surface area contributed by atoms with E-state index in [0.29, 0.717) is 19.4 Å². The van der Waals surface area contributed by atoms with Gasteiger partial charge in [-0.1, -0.05) is 0 Å². The molecule has 0 spiro atoms. The highest BCUT2D eigenvalue weighted by Crippen LogP contribution is 1.67. The van der Waals surface area contributed by atoms with Crippen LogP contribution >= 0.6 is 0 Å². The number of amides is 1. The van der Waals surface area contributed by atoms with Gasteiger partial charge in [0.15, 0.2) is 0 Å². The number of hydrogen-bond acceptors (Lipinski definition) is 1. The van der Waals surface area contributed by atoms with E-state index >= 15 is 0 Å². The highest BCUT2D eigenvalue weighted by atomic mass is 16.3. The van der Waals surface area contributed by atoms with Gasteiger partial charge in [0.1, 0.15) is 0 Å². The Labute approximate surface area is 42.3 Å². The summed E-state index contributed by atoms with van der Waals surface area (Å²) in [6, 6.07) is 0. The summed E-state index contributed by atoms with van der Waals surface area (Å²) in [6.07, 6.45) is 1.12. The predicted molar refractivity (Wildman–Crippen MR) is 24.2 cm³/mol. The highest BCUT2D eigenvalue weighted by molar-refractivity contribution is 5.45. The van der Waals surface area contributed by atoms with E-state index < -0.39 is 0 Å². The number of carbonyl (C=O) groups excluding carboxylic acids is 1. The van der Waals surface area contributed by atoms with Crippen molar-refractivity contribution < 1.29 is 9.90 Å². The molecule has 0 aromatic heterocycles. The standard InChI is InChI=1S/C4H8NO2/c6-3-1-2-5-4-7/h4H,1-3H2,(H,5,7). The SMILES string of the molecule is [O]CCCNC=O. The summed E-state index contributed by atoms with van der Waals surface area (Å²) in [5, 5.41) is 12.0. The van der Waals surface area contributed by atoms with Crippen LogP contribution in [0.2, 0.25) is 0 Å². The van der Waals surface area contributed by atoms with Crippen LogP contribution in [0.5, 0.6) is 0 Å². The zero-order chi connectivity index (χ0) is 5.54. The summed E-state index contributed by atoms with van der Waals surface area (Å²) in [6.45, 7) is 0.397. The first kappa shape index (κ1) is 6.43. The molecular formula is C4H8NO2. The van der Waals surface area contributed by atoms with Crippen LogP contribution in [0.25, 0.3) is 0 Å². The molecule has 0 aromatic rings. The molecule has 0 aliphatic heterocycles. The first-order valence-electron chi connectivity index (χ1n) is 2.17. The molecule has 0 bridgehead atoms. The van der Waals surface area contributed by atoms with Crippen molar-refractivity contribution >= 4 is 6.41 Å². The minimum atomic E-state index is -0.110. The topological polar surface area (TPSA) is 49.0 Å². The second kappa shape index (κ2) is 5.43. The van der Waals surface area contributed by atoms with Crippen molar-refractivity contribution in [3.63, 3.8) is 0 Å². The molecular weight excluding hydrogens is 94.0 g/mol. The number of carbonyl (C=O) groups is 1. The Balaban J connectivity index is 2.56. The summed E-state index contributed by atoms with van der Waals surface area (Å²) >= 11 is 0. The molecule has 41 valence electrons. The van der Waals surface area contributed by atoms with Crippen molar-refractivity contribution in [3.05, 3.63) is 0 Å². The normalized spacial score (nSPS) is 8.14. The molecule has 0 heterocycles. The van der Waals surface area contributed by atoms with E-state index in [-0.39, 0.29) is 6.61 Å². The molecule has 0 rings (SSSR count). The molecule has 0 unspecified atom stereocenters. The molecule has 0 aromatic carbocycles. The molecule has 3 nitrogen and oxygen atoms in total. The molecule has 0 atom stereocenters. The molecule has 3 heteroatoms. The van der Waals surface area contributed by atoms with Gasteiger partial charge in [0, 0.05) is 6.54 Å². The minimum absolute atomic E-state index is 0.110. The molecule has 0 saturated carbocycles. The van der Waals surface area contributed by atoms with E-state index in [1.807, 2.05) is 0 Å². The Kier molecular flexibility index (Phi) is 4.99. The Morgan fingerprint density at radius 2 is 2.29 bits per heavy atom. The van der Waals surface area contributed by atoms with E-state index in [4.69, 9.17) is 0 Å². The van der Waals surface area contributed by atoms with Gasteiger partial charge >= 0.3 is 0 Å². The molecule has 0 aliphatic rings. The lowest BCUT2D eigenvalue weighted by atomic mass is 10.5. The van der Waals surface area contributed by atoms with Gasteiger partial charge in [-0.3, -0.25) is 4.79 Å². The minimum Gasteiger partial charge on any atom is -0.359 e. The maximum absolute atomic E-state index is 9.65. The second-order valence-corrected chi connectivity index (χ2v) is 1.13. The Hall–Kier alpha value is -0.570. The van der Waals surface area contributed by atoms with Crippen molar-refractivity contribution in [2.24, 2.45) is 0 Å². The number of rotatable bonds is 4. The van der Waals surface area contributed by atoms with Crippen LogP contribution in [0.15, 0.2) is 0 Å². The van der Waals surface area contributed by atoms with E-state index in [1.54, 1.807) is 0 Å². The van der Waals surface area contributed by atoms with Gasteiger partial charge < -0.3 is 5.32 Å². The highest BCUT2D eigenvalue weighted by Gasteiger charge is 1.78. The largest absolute Gasteiger partial charge is 0.359 e. The van der Waals surface area contributed by atoms with E-state index in [9.17, 15) is 9.90 Å². The molecule has 7 heavy (non-hydrogen) atoms. The van der Waals surface area contributed by atoms with Crippen LogP contribution in [0.3, 0.4) is 0 Å². The van der Waals surface area contributed by atoms with Crippen molar-refractivity contribution in [1.29, 1.82) is 0 Å². The average molecular weight is 102 g/mol. The van der Waals surface area contributed by atoms with Crippen LogP contribution in [0.1, 0.15) is 6.42 Å². The Morgan fingerprint density at radius 3 is 2.71 bits per heavy atom. The molecule has 1 N–H and O–H groups in total. The van der Waals surface area contributed by atoms with E-state index in [1.165, 1.54) is 0 Å². The van der Waals surface area contributed by atoms with Crippen LogP contribution in [0.4, 0.5) is 0 Å². The maximum Gasteiger partial charge on any atom is 0.207 e. The third-order valence-corrected chi connectivity index (χ3v) is 0.549. The van der Waals surface area contributed by atoms with Crippen molar-refractivity contribution in [2.75, 3.05) is 13.2 Å². The number of nitrogens with one attached hydrogen (secondary N) is 1. The van der Waals surface area contributed by atoms with Crippen LogP contribution in [-0.4, -0.2) is 19.6 Å². The number of hydrogen-bond donors (Lipinski definition) is 1. The maximum atomic E-state index is 9.65. The molecule has 1 radical (unpaired) electrons. The van der Waals surface area contributed by atoms with Crippen molar-refractivity contribution in [3.8, 4) is 0 Å². The quantitative estimate of drug-likeness (QED) is 0.379. The first-order chi connectivity index (χ1) is 3.41. The molecule has 0 saturated heterocycles. The van der Waals surface area contributed by atoms with E-state index in [2.05, 4.69) is 5.32 Å². The third-order valence-electron chi connectivity index (χ3n) is 0.549. The van der Waals surface area contributed by atoms with Gasteiger partial charge in [0.25, 0.3) is 0 Å². The Morgan fingerprint density at radius 1 is 1.57 bits per heavy atom. The summed E-state index contributed by atoms with van der Waals surface area (Å²) in [5.74, 6) is 0. The fourth-order valence-electron chi connectivity index (χ4n) is 0.233. The van der Waals surface area contributed by atoms with Gasteiger partial charge in [0.05, 0.1) is 6.61 Å².